The molecule has 12 heteroatoms. The van der Waals surface area contributed by atoms with Crippen LogP contribution in [0.3, 0.4) is 0 Å². The molecule has 0 bridgehead atoms. The second kappa shape index (κ2) is 11.5. The molecule has 4 heterocycles. The van der Waals surface area contributed by atoms with Crippen molar-refractivity contribution in [3.63, 3.8) is 0 Å². The van der Waals surface area contributed by atoms with Crippen LogP contribution in [0.2, 0.25) is 0 Å². The van der Waals surface area contributed by atoms with Crippen LogP contribution >= 0.6 is 0 Å². The Balaban J connectivity index is 1.34. The van der Waals surface area contributed by atoms with Gasteiger partial charge in [0.15, 0.2) is 5.82 Å². The minimum absolute atomic E-state index is 0.0730. The number of sulfone groups is 1. The molecule has 3 N–H and O–H groups in total. The number of H-pyrrole nitrogens is 2. The third-order valence-corrected chi connectivity index (χ3v) is 8.17. The Kier molecular flexibility index (Phi) is 7.69. The van der Waals surface area contributed by atoms with Crippen LogP contribution in [0, 0.1) is 11.2 Å². The molecule has 0 saturated heterocycles. The topological polar surface area (TPSA) is 146 Å². The third-order valence-electron chi connectivity index (χ3n) is 7.23. The molecule has 0 aliphatic carbocycles. The Morgan fingerprint density at radius 3 is 2.56 bits per heavy atom. The number of anilines is 1. The number of aromatic nitrogens is 6. The van der Waals surface area contributed by atoms with Crippen molar-refractivity contribution in [2.75, 3.05) is 17.3 Å². The Morgan fingerprint density at radius 2 is 1.78 bits per heavy atom. The number of hydrogen-bond donors (Lipinski definition) is 3. The highest BCUT2D eigenvalue weighted by atomic mass is 32.2. The van der Waals surface area contributed by atoms with Gasteiger partial charge in [-0.25, -0.2) is 17.8 Å². The number of imidazole rings is 1. The van der Waals surface area contributed by atoms with Crippen LogP contribution in [0.1, 0.15) is 32.8 Å². The lowest BCUT2D eigenvalue weighted by atomic mass is 9.92. The standard InChI is InChI=1S/C33H32FN7O3S/c1-33(2,3)16-28(42)37-24-14-22(17-35-18-24)20-5-6-26-25(15-20)30(41-40-26)32-38-27-7-9-36-29(31(27)39-32)21-11-19(12-23(34)13-21)8-10-45(4,43)44/h5-7,9,11-15,17-18H,8,10,16H2,1-4H3,(H,37,42)(H,38,39)(H,40,41). The number of aromatic amines is 2. The number of nitrogens with zero attached hydrogens (tertiary/aromatic N) is 4. The minimum Gasteiger partial charge on any atom is -0.336 e. The number of hydrogen-bond acceptors (Lipinski definition) is 7. The van der Waals surface area contributed by atoms with Crippen LogP contribution in [0.5, 0.6) is 0 Å². The molecule has 0 fully saturated rings. The van der Waals surface area contributed by atoms with Crippen molar-refractivity contribution in [3.05, 3.63) is 78.5 Å². The summed E-state index contributed by atoms with van der Waals surface area (Å²) in [6, 6.07) is 14.0. The molecule has 0 saturated carbocycles. The number of carbonyl (C=O) groups excluding carboxylic acids is 1. The maximum Gasteiger partial charge on any atom is 0.224 e. The largest absolute Gasteiger partial charge is 0.336 e. The molecule has 0 atom stereocenters. The van der Waals surface area contributed by atoms with Gasteiger partial charge in [0.1, 0.15) is 26.9 Å². The molecule has 0 spiro atoms. The molecule has 45 heavy (non-hydrogen) atoms. The van der Waals surface area contributed by atoms with E-state index in [2.05, 4.69) is 30.5 Å². The summed E-state index contributed by atoms with van der Waals surface area (Å²) in [5, 5.41) is 11.4. The van der Waals surface area contributed by atoms with Crippen molar-refractivity contribution in [3.8, 4) is 33.9 Å². The van der Waals surface area contributed by atoms with Gasteiger partial charge in [-0.15, -0.1) is 0 Å². The van der Waals surface area contributed by atoms with E-state index < -0.39 is 15.7 Å². The number of rotatable bonds is 8. The summed E-state index contributed by atoms with van der Waals surface area (Å²) >= 11 is 0. The van der Waals surface area contributed by atoms with Crippen molar-refractivity contribution in [1.29, 1.82) is 0 Å². The summed E-state index contributed by atoms with van der Waals surface area (Å²) in [6.45, 7) is 6.04. The molecule has 6 rings (SSSR count). The van der Waals surface area contributed by atoms with Gasteiger partial charge in [0.25, 0.3) is 0 Å². The fraction of sp³-hybridized carbons (Fsp3) is 0.242. The van der Waals surface area contributed by atoms with Gasteiger partial charge in [0.05, 0.1) is 34.4 Å². The van der Waals surface area contributed by atoms with E-state index in [0.717, 1.165) is 28.3 Å². The molecule has 6 aromatic rings. The molecule has 1 amide bonds. The van der Waals surface area contributed by atoms with Gasteiger partial charge in [0, 0.05) is 41.6 Å². The van der Waals surface area contributed by atoms with Crippen molar-refractivity contribution in [2.45, 2.75) is 33.6 Å². The first-order valence-corrected chi connectivity index (χ1v) is 16.4. The zero-order chi connectivity index (χ0) is 31.9. The Morgan fingerprint density at radius 1 is 0.956 bits per heavy atom. The van der Waals surface area contributed by atoms with E-state index in [4.69, 9.17) is 4.98 Å². The van der Waals surface area contributed by atoms with Crippen molar-refractivity contribution < 1.29 is 17.6 Å². The molecule has 0 aliphatic rings. The first-order chi connectivity index (χ1) is 21.3. The zero-order valence-corrected chi connectivity index (χ0v) is 26.1. The van der Waals surface area contributed by atoms with Crippen molar-refractivity contribution in [2.24, 2.45) is 5.41 Å². The van der Waals surface area contributed by atoms with Crippen LogP contribution in [0.4, 0.5) is 10.1 Å². The minimum atomic E-state index is -3.21. The second-order valence-electron chi connectivity index (χ2n) is 12.4. The van der Waals surface area contributed by atoms with Gasteiger partial charge in [-0.1, -0.05) is 26.8 Å². The van der Waals surface area contributed by atoms with E-state index in [1.54, 1.807) is 30.7 Å². The lowest BCUT2D eigenvalue weighted by Gasteiger charge is -2.17. The number of amides is 1. The number of nitrogens with one attached hydrogen (secondary N) is 3. The predicted molar refractivity (Wildman–Crippen MR) is 174 cm³/mol. The fourth-order valence-corrected chi connectivity index (χ4v) is 5.83. The molecule has 230 valence electrons. The van der Waals surface area contributed by atoms with Crippen LogP contribution < -0.4 is 5.32 Å². The Hall–Kier alpha value is -4.97. The van der Waals surface area contributed by atoms with E-state index in [9.17, 15) is 17.6 Å². The van der Waals surface area contributed by atoms with E-state index in [1.165, 1.54) is 12.1 Å². The van der Waals surface area contributed by atoms with E-state index in [1.807, 2.05) is 45.0 Å². The maximum absolute atomic E-state index is 14.6. The van der Waals surface area contributed by atoms with Gasteiger partial charge in [-0.2, -0.15) is 5.10 Å². The molecule has 0 aliphatic heterocycles. The molecular formula is C33H32FN7O3S. The van der Waals surface area contributed by atoms with Crippen molar-refractivity contribution >= 4 is 43.4 Å². The average molecular weight is 626 g/mol. The van der Waals surface area contributed by atoms with Gasteiger partial charge >= 0.3 is 0 Å². The van der Waals surface area contributed by atoms with Crippen molar-refractivity contribution in [1.82, 2.24) is 30.1 Å². The summed E-state index contributed by atoms with van der Waals surface area (Å²) in [7, 11) is -3.21. The summed E-state index contributed by atoms with van der Waals surface area (Å²) in [6.07, 6.45) is 6.71. The molecular weight excluding hydrogens is 593 g/mol. The lowest BCUT2D eigenvalue weighted by Crippen LogP contribution is -2.19. The Labute approximate surface area is 259 Å². The number of aryl methyl sites for hydroxylation is 1. The molecule has 0 radical (unpaired) electrons. The summed E-state index contributed by atoms with van der Waals surface area (Å²) in [5.41, 5.74) is 6.31. The number of fused-ring (bicyclic) bond motifs is 2. The number of pyridine rings is 2. The smallest absolute Gasteiger partial charge is 0.224 e. The average Bonchev–Trinajstić information content (AvgIpc) is 3.58. The van der Waals surface area contributed by atoms with Gasteiger partial charge in [-0.05, 0) is 65.4 Å². The first kappa shape index (κ1) is 30.1. The molecule has 4 aromatic heterocycles. The molecule has 10 nitrogen and oxygen atoms in total. The highest BCUT2D eigenvalue weighted by Crippen LogP contribution is 2.33. The number of halogens is 1. The molecule has 2 aromatic carbocycles. The van der Waals surface area contributed by atoms with Gasteiger partial charge in [-0.3, -0.25) is 19.9 Å². The summed E-state index contributed by atoms with van der Waals surface area (Å²) in [5.74, 6) is -0.141. The highest BCUT2D eigenvalue weighted by molar-refractivity contribution is 7.90. The van der Waals surface area contributed by atoms with E-state index in [0.29, 0.717) is 51.5 Å². The van der Waals surface area contributed by atoms with E-state index in [-0.39, 0.29) is 23.5 Å². The zero-order valence-electron chi connectivity index (χ0n) is 25.3. The van der Waals surface area contributed by atoms with Gasteiger partial charge in [0.2, 0.25) is 5.91 Å². The first-order valence-electron chi connectivity index (χ1n) is 14.4. The summed E-state index contributed by atoms with van der Waals surface area (Å²) in [4.78, 5) is 29.5. The third kappa shape index (κ3) is 6.91. The van der Waals surface area contributed by atoms with Gasteiger partial charge < -0.3 is 10.3 Å². The van der Waals surface area contributed by atoms with E-state index >= 15 is 0 Å². The fourth-order valence-electron chi connectivity index (χ4n) is 5.22. The number of carbonyl (C=O) groups is 1. The maximum atomic E-state index is 14.6. The van der Waals surface area contributed by atoms with Crippen LogP contribution in [-0.2, 0) is 21.1 Å². The SMILES string of the molecule is CC(C)(C)CC(=O)Nc1cncc(-c2ccc3[nH]nc(-c4nc5c(-c6cc(F)cc(CCS(C)(=O)=O)c6)nccc5[nH]4)c3c2)c1. The van der Waals surface area contributed by atoms with Crippen LogP contribution in [0.15, 0.2) is 67.1 Å². The molecule has 0 unspecified atom stereocenters. The predicted octanol–water partition coefficient (Wildman–Crippen LogP) is 6.33. The Bertz CT molecular complexity index is 2180. The highest BCUT2D eigenvalue weighted by Gasteiger charge is 2.19. The quantitative estimate of drug-likeness (QED) is 0.179. The lowest BCUT2D eigenvalue weighted by molar-refractivity contribution is -0.117. The summed E-state index contributed by atoms with van der Waals surface area (Å²) < 4.78 is 38.0. The van der Waals surface area contributed by atoms with Crippen LogP contribution in [-0.4, -0.2) is 56.5 Å². The number of benzene rings is 2. The monoisotopic (exact) mass is 625 g/mol. The van der Waals surface area contributed by atoms with Crippen LogP contribution in [0.25, 0.3) is 55.8 Å². The second-order valence-corrected chi connectivity index (χ2v) is 14.7. The normalized spacial score (nSPS) is 12.2.